The standard InChI is InChI=1S/C24H17Cl2FN6O3/c25-18-11-15(3-4-17(18)24(35)33(26)36-9-8-34)20-5-6-21-23(29-20)32(31-30-21)13-16-10-14-2-1-7-28-22(14)12-19(16)27/h1-7,10-12,34H,8-9,13H2. The van der Waals surface area contributed by atoms with Gasteiger partial charge in [-0.15, -0.1) is 9.68 Å². The first-order valence-corrected chi connectivity index (χ1v) is 11.4. The Bertz CT molecular complexity index is 1600. The predicted molar refractivity (Wildman–Crippen MR) is 132 cm³/mol. The van der Waals surface area contributed by atoms with Crippen LogP contribution in [-0.2, 0) is 11.4 Å². The van der Waals surface area contributed by atoms with Crippen LogP contribution in [-0.4, -0.2) is 53.8 Å². The summed E-state index contributed by atoms with van der Waals surface area (Å²) in [5, 5.41) is 18.0. The van der Waals surface area contributed by atoms with E-state index in [9.17, 15) is 9.18 Å². The molecule has 1 amide bonds. The number of fused-ring (bicyclic) bond motifs is 2. The van der Waals surface area contributed by atoms with E-state index in [0.29, 0.717) is 38.1 Å². The number of amides is 1. The fourth-order valence-electron chi connectivity index (χ4n) is 3.67. The minimum absolute atomic E-state index is 0.113. The van der Waals surface area contributed by atoms with Crippen molar-refractivity contribution in [3.8, 4) is 11.3 Å². The van der Waals surface area contributed by atoms with Crippen LogP contribution in [0.3, 0.4) is 0 Å². The SMILES string of the molecule is O=C(c1ccc(-c2ccc3nnn(Cc4cc5cccnc5cc4F)c3n2)cc1Cl)N(Cl)OCCO. The summed E-state index contributed by atoms with van der Waals surface area (Å²) in [6.07, 6.45) is 1.61. The van der Waals surface area contributed by atoms with E-state index >= 15 is 0 Å². The van der Waals surface area contributed by atoms with Crippen molar-refractivity contribution in [1.82, 2.24) is 29.5 Å². The molecule has 0 unspecified atom stereocenters. The lowest BCUT2D eigenvalue weighted by atomic mass is 10.1. The molecule has 0 aliphatic heterocycles. The Morgan fingerprint density at radius 2 is 2.00 bits per heavy atom. The van der Waals surface area contributed by atoms with Crippen molar-refractivity contribution >= 4 is 51.4 Å². The topological polar surface area (TPSA) is 106 Å². The van der Waals surface area contributed by atoms with E-state index in [1.165, 1.54) is 16.8 Å². The molecule has 0 atom stereocenters. The van der Waals surface area contributed by atoms with Gasteiger partial charge < -0.3 is 5.11 Å². The zero-order valence-electron chi connectivity index (χ0n) is 18.5. The molecule has 0 aliphatic carbocycles. The molecule has 0 saturated carbocycles. The van der Waals surface area contributed by atoms with E-state index in [2.05, 4.69) is 20.3 Å². The normalized spacial score (nSPS) is 11.3. The number of aliphatic hydroxyl groups is 1. The molecule has 0 spiro atoms. The Morgan fingerprint density at radius 1 is 1.14 bits per heavy atom. The third-order valence-corrected chi connectivity index (χ3v) is 5.97. The Kier molecular flexibility index (Phi) is 6.75. The number of benzene rings is 2. The molecule has 12 heteroatoms. The van der Waals surface area contributed by atoms with Crippen molar-refractivity contribution in [3.05, 3.63) is 82.8 Å². The van der Waals surface area contributed by atoms with Gasteiger partial charge in [-0.2, -0.15) is 0 Å². The maximum Gasteiger partial charge on any atom is 0.294 e. The maximum absolute atomic E-state index is 14.7. The van der Waals surface area contributed by atoms with Crippen LogP contribution in [0.4, 0.5) is 4.39 Å². The highest BCUT2D eigenvalue weighted by atomic mass is 35.5. The zero-order chi connectivity index (χ0) is 25.2. The highest BCUT2D eigenvalue weighted by Gasteiger charge is 2.19. The minimum Gasteiger partial charge on any atom is -0.394 e. The van der Waals surface area contributed by atoms with Gasteiger partial charge in [-0.25, -0.2) is 14.1 Å². The van der Waals surface area contributed by atoms with E-state index < -0.39 is 11.7 Å². The van der Waals surface area contributed by atoms with Crippen molar-refractivity contribution in [2.45, 2.75) is 6.54 Å². The minimum atomic E-state index is -0.681. The summed E-state index contributed by atoms with van der Waals surface area (Å²) in [6.45, 7) is -0.318. The Balaban J connectivity index is 1.45. The van der Waals surface area contributed by atoms with Crippen LogP contribution in [0.1, 0.15) is 15.9 Å². The number of rotatable bonds is 7. The van der Waals surface area contributed by atoms with E-state index in [1.54, 1.807) is 42.6 Å². The van der Waals surface area contributed by atoms with Gasteiger partial charge in [0, 0.05) is 40.6 Å². The quantitative estimate of drug-likeness (QED) is 0.247. The van der Waals surface area contributed by atoms with Crippen LogP contribution in [0.15, 0.2) is 60.8 Å². The van der Waals surface area contributed by atoms with Crippen LogP contribution in [0, 0.1) is 5.82 Å². The molecule has 5 aromatic rings. The van der Waals surface area contributed by atoms with Gasteiger partial charge in [0.1, 0.15) is 11.3 Å². The summed E-state index contributed by atoms with van der Waals surface area (Å²) < 4.78 is 16.7. The predicted octanol–water partition coefficient (Wildman–Crippen LogP) is 4.40. The summed E-state index contributed by atoms with van der Waals surface area (Å²) >= 11 is 12.1. The van der Waals surface area contributed by atoms with Gasteiger partial charge >= 0.3 is 0 Å². The largest absolute Gasteiger partial charge is 0.394 e. The first-order valence-electron chi connectivity index (χ1n) is 10.7. The second kappa shape index (κ2) is 10.1. The highest BCUT2D eigenvalue weighted by molar-refractivity contribution is 6.35. The monoisotopic (exact) mass is 526 g/mol. The number of nitrogens with zero attached hydrogens (tertiary/aromatic N) is 6. The number of hydrogen-bond donors (Lipinski definition) is 1. The van der Waals surface area contributed by atoms with Gasteiger partial charge in [-0.1, -0.05) is 28.9 Å². The zero-order valence-corrected chi connectivity index (χ0v) is 20.0. The van der Waals surface area contributed by atoms with Crippen LogP contribution in [0.2, 0.25) is 5.02 Å². The number of hydrogen-bond acceptors (Lipinski definition) is 7. The van der Waals surface area contributed by atoms with E-state index in [1.807, 2.05) is 6.07 Å². The van der Waals surface area contributed by atoms with Gasteiger partial charge in [0.05, 0.1) is 41.6 Å². The summed E-state index contributed by atoms with van der Waals surface area (Å²) in [6, 6.07) is 15.0. The molecular formula is C24H17Cl2FN6O3. The molecule has 3 heterocycles. The molecular weight excluding hydrogens is 510 g/mol. The second-order valence-electron chi connectivity index (χ2n) is 7.73. The smallest absolute Gasteiger partial charge is 0.294 e. The molecule has 0 fully saturated rings. The lowest BCUT2D eigenvalue weighted by Gasteiger charge is -2.14. The summed E-state index contributed by atoms with van der Waals surface area (Å²) in [5.41, 5.74) is 3.29. The number of carbonyl (C=O) groups is 1. The van der Waals surface area contributed by atoms with E-state index in [-0.39, 0.29) is 30.3 Å². The lowest BCUT2D eigenvalue weighted by molar-refractivity contribution is -0.0696. The van der Waals surface area contributed by atoms with Crippen molar-refractivity contribution in [2.75, 3.05) is 13.2 Å². The fourth-order valence-corrected chi connectivity index (χ4v) is 4.09. The molecule has 36 heavy (non-hydrogen) atoms. The number of aliphatic hydroxyl groups excluding tert-OH is 1. The molecule has 2 aromatic carbocycles. The van der Waals surface area contributed by atoms with E-state index in [0.717, 1.165) is 5.39 Å². The van der Waals surface area contributed by atoms with Crippen LogP contribution in [0.25, 0.3) is 33.3 Å². The van der Waals surface area contributed by atoms with Gasteiger partial charge in [-0.3, -0.25) is 14.6 Å². The highest BCUT2D eigenvalue weighted by Crippen LogP contribution is 2.27. The lowest BCUT2D eigenvalue weighted by Crippen LogP contribution is -2.23. The van der Waals surface area contributed by atoms with Crippen LogP contribution < -0.4 is 0 Å². The summed E-state index contributed by atoms with van der Waals surface area (Å²) in [5.74, 6) is -1.08. The van der Waals surface area contributed by atoms with Crippen LogP contribution in [0.5, 0.6) is 0 Å². The average molecular weight is 527 g/mol. The molecule has 1 N–H and O–H groups in total. The molecule has 0 radical (unpaired) electrons. The number of pyridine rings is 2. The number of hydroxylamine groups is 1. The maximum atomic E-state index is 14.7. The van der Waals surface area contributed by atoms with Crippen LogP contribution >= 0.6 is 23.4 Å². The molecule has 3 aromatic heterocycles. The van der Waals surface area contributed by atoms with Crippen molar-refractivity contribution in [2.24, 2.45) is 0 Å². The Labute approximate surface area is 213 Å². The van der Waals surface area contributed by atoms with Gasteiger partial charge in [0.2, 0.25) is 0 Å². The van der Waals surface area contributed by atoms with Gasteiger partial charge in [0.25, 0.3) is 5.91 Å². The Morgan fingerprint density at radius 3 is 2.81 bits per heavy atom. The van der Waals surface area contributed by atoms with Crippen molar-refractivity contribution in [1.29, 1.82) is 0 Å². The fraction of sp³-hybridized carbons (Fsp3) is 0.125. The second-order valence-corrected chi connectivity index (χ2v) is 8.44. The van der Waals surface area contributed by atoms with Gasteiger partial charge in [-0.05, 0) is 36.4 Å². The van der Waals surface area contributed by atoms with E-state index in [4.69, 9.17) is 33.3 Å². The molecule has 5 rings (SSSR count). The number of carbonyl (C=O) groups excluding carboxylic acids is 1. The van der Waals surface area contributed by atoms with Crippen molar-refractivity contribution in [3.63, 3.8) is 0 Å². The summed E-state index contributed by atoms with van der Waals surface area (Å²) in [4.78, 5) is 26.1. The molecule has 0 bridgehead atoms. The molecule has 0 aliphatic rings. The molecule has 9 nitrogen and oxygen atoms in total. The first-order chi connectivity index (χ1) is 17.4. The summed E-state index contributed by atoms with van der Waals surface area (Å²) in [7, 11) is 0. The molecule has 182 valence electrons. The third-order valence-electron chi connectivity index (χ3n) is 5.40. The van der Waals surface area contributed by atoms with Gasteiger partial charge in [0.15, 0.2) is 5.65 Å². The number of halogens is 3. The Hall–Kier alpha value is -3.70. The average Bonchev–Trinajstić information content (AvgIpc) is 3.29. The third kappa shape index (κ3) is 4.71. The first kappa shape index (κ1) is 24.0. The molecule has 0 saturated heterocycles. The number of aromatic nitrogens is 5. The van der Waals surface area contributed by atoms with Crippen molar-refractivity contribution < 1.29 is 19.1 Å².